The Morgan fingerprint density at radius 1 is 1.24 bits per heavy atom. The normalized spacial score (nSPS) is 28.9. The maximum absolute atomic E-state index is 12.6. The van der Waals surface area contributed by atoms with Crippen LogP contribution in [0, 0.1) is 5.21 Å². The molecule has 1 saturated heterocycles. The quantitative estimate of drug-likeness (QED) is 0.379. The lowest BCUT2D eigenvalue weighted by Gasteiger charge is -2.40. The van der Waals surface area contributed by atoms with E-state index in [9.17, 15) is 10.0 Å². The number of carbonyl (C=O) groups is 1. The van der Waals surface area contributed by atoms with Crippen LogP contribution in [0.4, 0.5) is 0 Å². The number of rotatable bonds is 8. The fourth-order valence-electron chi connectivity index (χ4n) is 2.28. The third-order valence-corrected chi connectivity index (χ3v) is 4.81. The predicted octanol–water partition coefficient (Wildman–Crippen LogP) is 3.67. The topological polar surface area (TPSA) is 40.1 Å². The zero-order valence-electron chi connectivity index (χ0n) is 11.1. The van der Waals surface area contributed by atoms with Gasteiger partial charge in [0.2, 0.25) is 0 Å². The predicted molar refractivity (Wildman–Crippen MR) is 73.4 cm³/mol. The van der Waals surface area contributed by atoms with Gasteiger partial charge < -0.3 is 5.21 Å². The smallest absolute Gasteiger partial charge is 0.324 e. The maximum atomic E-state index is 12.6. The molecule has 4 heteroatoms. The van der Waals surface area contributed by atoms with Crippen molar-refractivity contribution >= 4 is 17.7 Å². The highest BCUT2D eigenvalue weighted by atomic mass is 32.2. The minimum absolute atomic E-state index is 0.0223. The van der Waals surface area contributed by atoms with Gasteiger partial charge in [-0.3, -0.25) is 4.65 Å². The molecule has 2 unspecified atom stereocenters. The summed E-state index contributed by atoms with van der Waals surface area (Å²) in [5.74, 6) is 0.319. The average molecular weight is 259 g/mol. The minimum Gasteiger partial charge on any atom is -0.624 e. The molecule has 1 fully saturated rings. The van der Waals surface area contributed by atoms with Crippen LogP contribution in [0.15, 0.2) is 0 Å². The number of nitrogens with zero attached hydrogens (tertiary/aromatic N) is 1. The molecule has 1 heterocycles. The van der Waals surface area contributed by atoms with Gasteiger partial charge >= 0.3 is 5.91 Å². The minimum atomic E-state index is -0.547. The zero-order chi connectivity index (χ0) is 12.7. The molecule has 1 aliphatic heterocycles. The van der Waals surface area contributed by atoms with Gasteiger partial charge in [-0.25, -0.2) is 4.79 Å². The average Bonchev–Trinajstić information content (AvgIpc) is 2.58. The summed E-state index contributed by atoms with van der Waals surface area (Å²) >= 11 is 1.58. The molecule has 2 atom stereocenters. The molecule has 17 heavy (non-hydrogen) atoms. The third-order valence-electron chi connectivity index (χ3n) is 3.44. The van der Waals surface area contributed by atoms with Crippen molar-refractivity contribution in [2.24, 2.45) is 0 Å². The highest BCUT2D eigenvalue weighted by molar-refractivity contribution is 8.00. The third kappa shape index (κ3) is 3.97. The van der Waals surface area contributed by atoms with E-state index < -0.39 is 4.65 Å². The second-order valence-corrected chi connectivity index (χ2v) is 6.05. The number of unbranched alkanes of at least 4 members (excludes halogenated alkanes) is 4. The molecule has 0 spiro atoms. The summed E-state index contributed by atoms with van der Waals surface area (Å²) < 4.78 is -0.547. The van der Waals surface area contributed by atoms with Gasteiger partial charge in [0.15, 0.2) is 0 Å². The highest BCUT2D eigenvalue weighted by Gasteiger charge is 2.42. The second-order valence-electron chi connectivity index (χ2n) is 4.88. The van der Waals surface area contributed by atoms with Crippen molar-refractivity contribution in [3.63, 3.8) is 0 Å². The summed E-state index contributed by atoms with van der Waals surface area (Å²) in [4.78, 5) is 11.8. The molecule has 0 aromatic carbocycles. The van der Waals surface area contributed by atoms with Gasteiger partial charge in [-0.1, -0.05) is 44.9 Å². The van der Waals surface area contributed by atoms with Gasteiger partial charge in [0.05, 0.1) is 6.54 Å². The number of amides is 1. The fraction of sp³-hybridized carbons (Fsp3) is 0.923. The molecule has 0 aliphatic carbocycles. The van der Waals surface area contributed by atoms with Gasteiger partial charge in [0, 0.05) is 6.42 Å². The van der Waals surface area contributed by atoms with Gasteiger partial charge in [-0.05, 0) is 19.3 Å². The van der Waals surface area contributed by atoms with E-state index in [0.29, 0.717) is 12.3 Å². The van der Waals surface area contributed by atoms with E-state index >= 15 is 0 Å². The van der Waals surface area contributed by atoms with Crippen LogP contribution in [0.3, 0.4) is 0 Å². The van der Waals surface area contributed by atoms with Crippen molar-refractivity contribution in [2.45, 2.75) is 64.2 Å². The molecule has 0 N–H and O–H groups in total. The number of hydrogen-bond donors (Lipinski definition) is 0. The van der Waals surface area contributed by atoms with Crippen molar-refractivity contribution < 1.29 is 9.44 Å². The van der Waals surface area contributed by atoms with Crippen molar-refractivity contribution in [1.29, 1.82) is 0 Å². The molecule has 100 valence electrons. The van der Waals surface area contributed by atoms with Crippen molar-refractivity contribution in [2.75, 3.05) is 12.3 Å². The largest absolute Gasteiger partial charge is 0.624 e. The van der Waals surface area contributed by atoms with Crippen LogP contribution >= 0.6 is 11.8 Å². The van der Waals surface area contributed by atoms with Crippen molar-refractivity contribution in [3.05, 3.63) is 5.21 Å². The van der Waals surface area contributed by atoms with Crippen LogP contribution in [0.2, 0.25) is 0 Å². The SMILES string of the molecule is CCCCCC1SCC(=O)[N+]1([O-])CCCCC. The Morgan fingerprint density at radius 3 is 2.53 bits per heavy atom. The van der Waals surface area contributed by atoms with Gasteiger partial charge in [0.25, 0.3) is 0 Å². The van der Waals surface area contributed by atoms with Gasteiger partial charge in [-0.2, -0.15) is 0 Å². The zero-order valence-corrected chi connectivity index (χ0v) is 11.9. The van der Waals surface area contributed by atoms with Crippen LogP contribution < -0.4 is 0 Å². The second kappa shape index (κ2) is 7.39. The summed E-state index contributed by atoms with van der Waals surface area (Å²) in [6, 6.07) is 0. The monoisotopic (exact) mass is 259 g/mol. The Kier molecular flexibility index (Phi) is 6.52. The number of thioether (sulfide) groups is 1. The van der Waals surface area contributed by atoms with Crippen molar-refractivity contribution in [3.8, 4) is 0 Å². The summed E-state index contributed by atoms with van der Waals surface area (Å²) in [6.07, 6.45) is 7.36. The molecular weight excluding hydrogens is 234 g/mol. The lowest BCUT2D eigenvalue weighted by Crippen LogP contribution is -2.50. The molecule has 0 bridgehead atoms. The first-order valence-corrected chi connectivity index (χ1v) is 7.93. The molecule has 1 amide bonds. The molecule has 3 nitrogen and oxygen atoms in total. The molecule has 0 aromatic heterocycles. The first-order valence-electron chi connectivity index (χ1n) is 6.89. The summed E-state index contributed by atoms with van der Waals surface area (Å²) in [5, 5.41) is 12.6. The number of hydrogen-bond acceptors (Lipinski definition) is 3. The van der Waals surface area contributed by atoms with Crippen LogP contribution in [-0.2, 0) is 4.79 Å². The van der Waals surface area contributed by atoms with Crippen LogP contribution in [0.1, 0.15) is 58.8 Å². The molecular formula is C13H25NO2S. The highest BCUT2D eigenvalue weighted by Crippen LogP contribution is 2.35. The Balaban J connectivity index is 2.47. The Hall–Kier alpha value is -0.0600. The van der Waals surface area contributed by atoms with E-state index in [2.05, 4.69) is 13.8 Å². The Morgan fingerprint density at radius 2 is 1.88 bits per heavy atom. The van der Waals surface area contributed by atoms with E-state index in [1.54, 1.807) is 11.8 Å². The van der Waals surface area contributed by atoms with Crippen LogP contribution in [0.5, 0.6) is 0 Å². The van der Waals surface area contributed by atoms with Crippen LogP contribution in [-0.4, -0.2) is 28.2 Å². The van der Waals surface area contributed by atoms with E-state index in [-0.39, 0.29) is 11.3 Å². The molecule has 0 aromatic rings. The summed E-state index contributed by atoms with van der Waals surface area (Å²) in [5.41, 5.74) is 0. The lowest BCUT2D eigenvalue weighted by atomic mass is 10.2. The van der Waals surface area contributed by atoms with Gasteiger partial charge in [0.1, 0.15) is 11.1 Å². The molecule has 1 aliphatic rings. The molecule has 1 rings (SSSR count). The first kappa shape index (κ1) is 15.0. The van der Waals surface area contributed by atoms with Gasteiger partial charge in [-0.15, -0.1) is 0 Å². The Labute approximate surface area is 109 Å². The molecule has 0 saturated carbocycles. The molecule has 0 radical (unpaired) electrons. The first-order chi connectivity index (χ1) is 8.15. The number of quaternary nitrogens is 1. The van der Waals surface area contributed by atoms with Crippen LogP contribution in [0.25, 0.3) is 0 Å². The standard InChI is InChI=1S/C13H25NO2S/c1-3-5-7-9-13-14(16,10-8-6-4-2)12(15)11-17-13/h13H,3-11H2,1-2H3. The van der Waals surface area contributed by atoms with Crippen molar-refractivity contribution in [1.82, 2.24) is 0 Å². The summed E-state index contributed by atoms with van der Waals surface area (Å²) in [7, 11) is 0. The van der Waals surface area contributed by atoms with E-state index in [0.717, 1.165) is 32.1 Å². The number of hydroxylamine groups is 3. The summed E-state index contributed by atoms with van der Waals surface area (Å²) in [6.45, 7) is 4.78. The maximum Gasteiger partial charge on any atom is 0.324 e. The Bertz CT molecular complexity index is 248. The lowest BCUT2D eigenvalue weighted by molar-refractivity contribution is -0.811. The number of carbonyl (C=O) groups excluding carboxylic acids is 1. The van der Waals surface area contributed by atoms with E-state index in [1.807, 2.05) is 0 Å². The van der Waals surface area contributed by atoms with E-state index in [1.165, 1.54) is 12.8 Å². The fourth-order valence-corrected chi connectivity index (χ4v) is 3.63. The van der Waals surface area contributed by atoms with E-state index in [4.69, 9.17) is 0 Å².